The first-order valence-electron chi connectivity index (χ1n) is 9.01. The minimum Gasteiger partial charge on any atom is -0.342 e. The van der Waals surface area contributed by atoms with Gasteiger partial charge in [0, 0.05) is 37.4 Å². The zero-order chi connectivity index (χ0) is 18.0. The number of amides is 1. The Balaban J connectivity index is 1.69. The van der Waals surface area contributed by atoms with E-state index in [0.29, 0.717) is 24.6 Å². The van der Waals surface area contributed by atoms with E-state index in [1.165, 1.54) is 6.07 Å². The smallest absolute Gasteiger partial charge is 0.227 e. The van der Waals surface area contributed by atoms with E-state index in [0.717, 1.165) is 30.8 Å². The van der Waals surface area contributed by atoms with Crippen LogP contribution in [0.4, 0.5) is 4.39 Å². The van der Waals surface area contributed by atoms with E-state index in [2.05, 4.69) is 23.4 Å². The molecule has 0 spiro atoms. The first kappa shape index (κ1) is 17.6. The molecule has 0 saturated carbocycles. The first-order valence-corrected chi connectivity index (χ1v) is 9.01. The van der Waals surface area contributed by atoms with Crippen LogP contribution in [-0.2, 0) is 11.2 Å². The van der Waals surface area contributed by atoms with Crippen molar-refractivity contribution in [3.05, 3.63) is 53.4 Å². The molecule has 1 aromatic heterocycles. The van der Waals surface area contributed by atoms with Gasteiger partial charge in [0.1, 0.15) is 11.6 Å². The van der Waals surface area contributed by atoms with Gasteiger partial charge in [0.05, 0.1) is 6.42 Å². The lowest BCUT2D eigenvalue weighted by atomic mass is 9.96. The molecule has 1 unspecified atom stereocenters. The van der Waals surface area contributed by atoms with Crippen LogP contribution in [0.2, 0.25) is 0 Å². The molecule has 1 atom stereocenters. The van der Waals surface area contributed by atoms with Crippen LogP contribution >= 0.6 is 0 Å². The molecule has 4 nitrogen and oxygen atoms in total. The number of benzene rings is 1. The Hall–Kier alpha value is -2.17. The normalized spacial score (nSPS) is 18.0. The van der Waals surface area contributed by atoms with Gasteiger partial charge in [0.25, 0.3) is 0 Å². The van der Waals surface area contributed by atoms with Crippen molar-refractivity contribution < 1.29 is 9.18 Å². The summed E-state index contributed by atoms with van der Waals surface area (Å²) in [7, 11) is 0. The lowest BCUT2D eigenvalue weighted by Crippen LogP contribution is -2.40. The van der Waals surface area contributed by atoms with Crippen molar-refractivity contribution in [1.29, 1.82) is 0 Å². The molecule has 1 aliphatic rings. The predicted molar refractivity (Wildman–Crippen MR) is 96.0 cm³/mol. The summed E-state index contributed by atoms with van der Waals surface area (Å²) in [5.41, 5.74) is 1.45. The van der Waals surface area contributed by atoms with Crippen LogP contribution in [0.5, 0.6) is 0 Å². The summed E-state index contributed by atoms with van der Waals surface area (Å²) in [6, 6.07) is 5.27. The van der Waals surface area contributed by atoms with Crippen LogP contribution in [0, 0.1) is 12.7 Å². The third kappa shape index (κ3) is 3.91. The van der Waals surface area contributed by atoms with Gasteiger partial charge in [-0.25, -0.2) is 9.37 Å². The number of rotatable bonds is 4. The average molecular weight is 343 g/mol. The second kappa shape index (κ2) is 7.38. The molecule has 1 fully saturated rings. The highest BCUT2D eigenvalue weighted by atomic mass is 19.1. The van der Waals surface area contributed by atoms with Gasteiger partial charge in [-0.05, 0) is 50.8 Å². The second-order valence-electron chi connectivity index (χ2n) is 7.23. The molecule has 3 rings (SSSR count). The van der Waals surface area contributed by atoms with E-state index in [4.69, 9.17) is 0 Å². The molecule has 134 valence electrons. The van der Waals surface area contributed by atoms with Crippen molar-refractivity contribution in [2.45, 2.75) is 52.0 Å². The van der Waals surface area contributed by atoms with Crippen molar-refractivity contribution in [1.82, 2.24) is 14.5 Å². The monoisotopic (exact) mass is 343 g/mol. The van der Waals surface area contributed by atoms with Gasteiger partial charge >= 0.3 is 0 Å². The fourth-order valence-corrected chi connectivity index (χ4v) is 3.60. The lowest BCUT2D eigenvalue weighted by Gasteiger charge is -2.33. The minimum atomic E-state index is -0.227. The Kier molecular flexibility index (Phi) is 5.21. The van der Waals surface area contributed by atoms with Crippen molar-refractivity contribution in [3.63, 3.8) is 0 Å². The average Bonchev–Trinajstić information content (AvgIpc) is 3.08. The number of imidazole rings is 1. The number of likely N-dealkylation sites (tertiary alicyclic amines) is 1. The van der Waals surface area contributed by atoms with E-state index in [9.17, 15) is 9.18 Å². The number of piperidine rings is 1. The number of hydrogen-bond acceptors (Lipinski definition) is 2. The SMILES string of the molecule is Cc1cc(CC(=O)N2CCCC(c3nccn3C(C)C)C2)ccc1F. The number of carbonyl (C=O) groups is 1. The number of carbonyl (C=O) groups excluding carboxylic acids is 1. The summed E-state index contributed by atoms with van der Waals surface area (Å²) in [5.74, 6) is 1.24. The van der Waals surface area contributed by atoms with E-state index >= 15 is 0 Å². The number of hydrogen-bond donors (Lipinski definition) is 0. The van der Waals surface area contributed by atoms with Crippen LogP contribution in [0.1, 0.15) is 55.6 Å². The van der Waals surface area contributed by atoms with Crippen LogP contribution in [-0.4, -0.2) is 33.4 Å². The summed E-state index contributed by atoms with van der Waals surface area (Å²) in [6.07, 6.45) is 6.24. The Labute approximate surface area is 148 Å². The van der Waals surface area contributed by atoms with E-state index in [1.807, 2.05) is 17.3 Å². The van der Waals surface area contributed by atoms with Gasteiger partial charge in [-0.15, -0.1) is 0 Å². The topological polar surface area (TPSA) is 38.1 Å². The molecular formula is C20H26FN3O. The molecule has 1 saturated heterocycles. The Morgan fingerprint density at radius 3 is 2.92 bits per heavy atom. The van der Waals surface area contributed by atoms with Gasteiger partial charge < -0.3 is 9.47 Å². The maximum atomic E-state index is 13.4. The fourth-order valence-electron chi connectivity index (χ4n) is 3.60. The van der Waals surface area contributed by atoms with Crippen LogP contribution in [0.15, 0.2) is 30.6 Å². The molecule has 0 aliphatic carbocycles. The lowest BCUT2D eigenvalue weighted by molar-refractivity contribution is -0.131. The maximum Gasteiger partial charge on any atom is 0.227 e. The van der Waals surface area contributed by atoms with Crippen LogP contribution in [0.3, 0.4) is 0 Å². The molecule has 0 N–H and O–H groups in total. The Bertz CT molecular complexity index is 753. The zero-order valence-corrected chi connectivity index (χ0v) is 15.2. The van der Waals surface area contributed by atoms with E-state index in [-0.39, 0.29) is 17.6 Å². The van der Waals surface area contributed by atoms with Gasteiger partial charge in [-0.2, -0.15) is 0 Å². The van der Waals surface area contributed by atoms with Crippen molar-refractivity contribution in [2.24, 2.45) is 0 Å². The Morgan fingerprint density at radius 2 is 2.20 bits per heavy atom. The highest BCUT2D eigenvalue weighted by Gasteiger charge is 2.27. The third-order valence-electron chi connectivity index (χ3n) is 4.97. The standard InChI is InChI=1S/C20H26FN3O/c1-14(2)24-10-8-22-20(24)17-5-4-9-23(13-17)19(25)12-16-6-7-18(21)15(3)11-16/h6-8,10-11,14,17H,4-5,9,12-13H2,1-3H3. The quantitative estimate of drug-likeness (QED) is 0.845. The molecule has 1 aliphatic heterocycles. The second-order valence-corrected chi connectivity index (χ2v) is 7.23. The van der Waals surface area contributed by atoms with Gasteiger partial charge in [-0.1, -0.05) is 12.1 Å². The molecule has 1 aromatic carbocycles. The first-order chi connectivity index (χ1) is 12.0. The summed E-state index contributed by atoms with van der Waals surface area (Å²) in [4.78, 5) is 19.2. The molecule has 1 amide bonds. The Morgan fingerprint density at radius 1 is 1.40 bits per heavy atom. The largest absolute Gasteiger partial charge is 0.342 e. The summed E-state index contributed by atoms with van der Waals surface area (Å²) >= 11 is 0. The van der Waals surface area contributed by atoms with Gasteiger partial charge in [0.15, 0.2) is 0 Å². The van der Waals surface area contributed by atoms with E-state index in [1.54, 1.807) is 19.1 Å². The van der Waals surface area contributed by atoms with Gasteiger partial charge in [0.2, 0.25) is 5.91 Å². The van der Waals surface area contributed by atoms with Crippen LogP contribution in [0.25, 0.3) is 0 Å². The highest BCUT2D eigenvalue weighted by Crippen LogP contribution is 2.28. The number of nitrogens with zero attached hydrogens (tertiary/aromatic N) is 3. The molecule has 2 aromatic rings. The number of aryl methyl sites for hydroxylation is 1. The third-order valence-corrected chi connectivity index (χ3v) is 4.97. The molecule has 0 bridgehead atoms. The fraction of sp³-hybridized carbons (Fsp3) is 0.500. The number of halogens is 1. The van der Waals surface area contributed by atoms with Crippen LogP contribution < -0.4 is 0 Å². The summed E-state index contributed by atoms with van der Waals surface area (Å²) < 4.78 is 15.6. The molecule has 2 heterocycles. The predicted octanol–water partition coefficient (Wildman–Crippen LogP) is 3.86. The highest BCUT2D eigenvalue weighted by molar-refractivity contribution is 5.79. The van der Waals surface area contributed by atoms with Crippen molar-refractivity contribution in [3.8, 4) is 0 Å². The van der Waals surface area contributed by atoms with Crippen molar-refractivity contribution in [2.75, 3.05) is 13.1 Å². The van der Waals surface area contributed by atoms with Crippen molar-refractivity contribution >= 4 is 5.91 Å². The maximum absolute atomic E-state index is 13.4. The summed E-state index contributed by atoms with van der Waals surface area (Å²) in [5, 5.41) is 0. The zero-order valence-electron chi connectivity index (χ0n) is 15.2. The molecular weight excluding hydrogens is 317 g/mol. The van der Waals surface area contributed by atoms with Gasteiger partial charge in [-0.3, -0.25) is 4.79 Å². The summed E-state index contributed by atoms with van der Waals surface area (Å²) in [6.45, 7) is 7.52. The molecule has 25 heavy (non-hydrogen) atoms. The molecule has 0 radical (unpaired) electrons. The van der Waals surface area contributed by atoms with E-state index < -0.39 is 0 Å². The number of aromatic nitrogens is 2. The molecule has 5 heteroatoms. The minimum absolute atomic E-state index is 0.110.